The molecule has 2 aromatic heterocycles. The number of nitrogens with one attached hydrogen (secondary N) is 1. The van der Waals surface area contributed by atoms with Gasteiger partial charge in [-0.2, -0.15) is 0 Å². The number of carbonyl (C=O) groups is 2. The van der Waals surface area contributed by atoms with Crippen molar-refractivity contribution < 1.29 is 14.3 Å². The van der Waals surface area contributed by atoms with Crippen LogP contribution in [0, 0.1) is 6.92 Å². The molecule has 0 saturated carbocycles. The Morgan fingerprint density at radius 1 is 1.09 bits per heavy atom. The fourth-order valence-electron chi connectivity index (χ4n) is 3.49. The van der Waals surface area contributed by atoms with E-state index >= 15 is 0 Å². The van der Waals surface area contributed by atoms with Gasteiger partial charge in [0.15, 0.2) is 0 Å². The predicted octanol–water partition coefficient (Wildman–Crippen LogP) is 5.02. The van der Waals surface area contributed by atoms with E-state index in [2.05, 4.69) is 5.32 Å². The van der Waals surface area contributed by atoms with E-state index in [0.29, 0.717) is 23.1 Å². The van der Waals surface area contributed by atoms with Gasteiger partial charge in [-0.1, -0.05) is 23.8 Å². The molecule has 0 bridgehead atoms. The van der Waals surface area contributed by atoms with E-state index in [1.54, 1.807) is 13.2 Å². The van der Waals surface area contributed by atoms with Crippen LogP contribution in [0.2, 0.25) is 0 Å². The number of imidazole rings is 1. The van der Waals surface area contributed by atoms with Gasteiger partial charge in [-0.25, -0.2) is 4.98 Å². The predicted molar refractivity (Wildman–Crippen MR) is 135 cm³/mol. The number of aryl methyl sites for hydroxylation is 1. The number of carbonyl (C=O) groups excluding carboxylic acids is 2. The maximum absolute atomic E-state index is 13.0. The number of hydrogen-bond acceptors (Lipinski definition) is 5. The zero-order chi connectivity index (χ0) is 24.1. The van der Waals surface area contributed by atoms with Crippen LogP contribution >= 0.6 is 11.3 Å². The average Bonchev–Trinajstić information content (AvgIpc) is 3.53. The Hall–Kier alpha value is -3.91. The molecule has 4 aromatic rings. The molecular weight excluding hydrogens is 448 g/mol. The molecule has 2 amide bonds. The Labute approximate surface area is 202 Å². The average molecular weight is 475 g/mol. The highest BCUT2D eigenvalue weighted by Crippen LogP contribution is 2.26. The Morgan fingerprint density at radius 3 is 2.44 bits per heavy atom. The van der Waals surface area contributed by atoms with Crippen LogP contribution < -0.4 is 10.1 Å². The number of rotatable bonds is 8. The van der Waals surface area contributed by atoms with Gasteiger partial charge >= 0.3 is 0 Å². The minimum Gasteiger partial charge on any atom is -0.497 e. The van der Waals surface area contributed by atoms with Crippen LogP contribution in [-0.2, 0) is 4.79 Å². The lowest BCUT2D eigenvalue weighted by Crippen LogP contribution is -2.37. The van der Waals surface area contributed by atoms with Gasteiger partial charge in [0, 0.05) is 24.0 Å². The van der Waals surface area contributed by atoms with Crippen molar-refractivity contribution in [3.63, 3.8) is 0 Å². The number of ether oxygens (including phenoxy) is 1. The Bertz CT molecular complexity index is 1260. The van der Waals surface area contributed by atoms with Crippen molar-refractivity contribution in [2.45, 2.75) is 13.8 Å². The van der Waals surface area contributed by atoms with Gasteiger partial charge in [0.1, 0.15) is 12.3 Å². The molecule has 8 heteroatoms. The fourth-order valence-corrected chi connectivity index (χ4v) is 4.18. The molecule has 0 aliphatic heterocycles. The van der Waals surface area contributed by atoms with E-state index in [1.807, 2.05) is 84.6 Å². The topological polar surface area (TPSA) is 76.5 Å². The molecule has 0 aliphatic carbocycles. The van der Waals surface area contributed by atoms with Crippen LogP contribution in [0.5, 0.6) is 5.75 Å². The van der Waals surface area contributed by atoms with E-state index in [9.17, 15) is 9.59 Å². The molecule has 0 aliphatic rings. The maximum atomic E-state index is 13.0. The minimum atomic E-state index is -0.313. The van der Waals surface area contributed by atoms with Crippen molar-refractivity contribution >= 4 is 29.1 Å². The maximum Gasteiger partial charge on any atom is 0.264 e. The monoisotopic (exact) mass is 474 g/mol. The Morgan fingerprint density at radius 2 is 1.82 bits per heavy atom. The SMILES string of the molecule is CCN(CC(=O)Nc1nc(-c2ccc(OC)cc2)cn1-c1ccc(C)cc1)C(=O)c1cccs1. The number of methoxy groups -OCH3 is 1. The Kier molecular flexibility index (Phi) is 7.08. The molecule has 174 valence electrons. The van der Waals surface area contributed by atoms with Crippen LogP contribution in [0.3, 0.4) is 0 Å². The van der Waals surface area contributed by atoms with Gasteiger partial charge in [0.2, 0.25) is 11.9 Å². The second-order valence-electron chi connectivity index (χ2n) is 7.73. The van der Waals surface area contributed by atoms with Crippen molar-refractivity contribution in [1.29, 1.82) is 0 Å². The van der Waals surface area contributed by atoms with E-state index in [4.69, 9.17) is 9.72 Å². The molecule has 7 nitrogen and oxygen atoms in total. The van der Waals surface area contributed by atoms with Crippen molar-refractivity contribution in [3.8, 4) is 22.7 Å². The molecule has 0 spiro atoms. The number of benzene rings is 2. The first-order chi connectivity index (χ1) is 16.5. The first kappa shape index (κ1) is 23.3. The summed E-state index contributed by atoms with van der Waals surface area (Å²) in [5.74, 6) is 0.671. The van der Waals surface area contributed by atoms with Gasteiger partial charge in [-0.15, -0.1) is 11.3 Å². The first-order valence-electron chi connectivity index (χ1n) is 10.9. The summed E-state index contributed by atoms with van der Waals surface area (Å²) in [4.78, 5) is 32.5. The molecule has 2 heterocycles. The standard InChI is InChI=1S/C26H26N4O3S/c1-4-29(25(32)23-6-5-15-34-23)17-24(31)28-26-27-22(19-9-13-21(33-3)14-10-19)16-30(26)20-11-7-18(2)8-12-20/h5-16H,4,17H2,1-3H3,(H,27,28,31). The third kappa shape index (κ3) is 5.18. The summed E-state index contributed by atoms with van der Waals surface area (Å²) in [5, 5.41) is 4.75. The number of thiophene rings is 1. The summed E-state index contributed by atoms with van der Waals surface area (Å²) in [6, 6.07) is 19.1. The first-order valence-corrected chi connectivity index (χ1v) is 11.8. The summed E-state index contributed by atoms with van der Waals surface area (Å²) < 4.78 is 7.09. The molecule has 1 N–H and O–H groups in total. The molecule has 0 atom stereocenters. The summed E-state index contributed by atoms with van der Waals surface area (Å²) in [5.41, 5.74) is 3.61. The van der Waals surface area contributed by atoms with Gasteiger partial charge in [0.25, 0.3) is 5.91 Å². The highest BCUT2D eigenvalue weighted by Gasteiger charge is 2.20. The second-order valence-corrected chi connectivity index (χ2v) is 8.68. The molecular formula is C26H26N4O3S. The smallest absolute Gasteiger partial charge is 0.264 e. The van der Waals surface area contributed by atoms with Gasteiger partial charge in [-0.05, 0) is 61.7 Å². The van der Waals surface area contributed by atoms with Crippen LogP contribution in [0.1, 0.15) is 22.2 Å². The number of amides is 2. The summed E-state index contributed by atoms with van der Waals surface area (Å²) in [7, 11) is 1.62. The minimum absolute atomic E-state index is 0.0636. The fraction of sp³-hybridized carbons (Fsp3) is 0.192. The Balaban J connectivity index is 1.61. The lowest BCUT2D eigenvalue weighted by molar-refractivity contribution is -0.116. The third-order valence-corrected chi connectivity index (χ3v) is 6.25. The zero-order valence-electron chi connectivity index (χ0n) is 19.3. The van der Waals surface area contributed by atoms with E-state index in [-0.39, 0.29) is 18.4 Å². The lowest BCUT2D eigenvalue weighted by atomic mass is 10.1. The summed E-state index contributed by atoms with van der Waals surface area (Å²) in [6.45, 7) is 4.24. The highest BCUT2D eigenvalue weighted by atomic mass is 32.1. The van der Waals surface area contributed by atoms with Crippen LogP contribution in [0.4, 0.5) is 5.95 Å². The lowest BCUT2D eigenvalue weighted by Gasteiger charge is -2.19. The zero-order valence-corrected chi connectivity index (χ0v) is 20.1. The van der Waals surface area contributed by atoms with Crippen LogP contribution in [0.25, 0.3) is 16.9 Å². The van der Waals surface area contributed by atoms with Crippen molar-refractivity contribution in [2.75, 3.05) is 25.5 Å². The van der Waals surface area contributed by atoms with E-state index in [1.165, 1.54) is 16.2 Å². The highest BCUT2D eigenvalue weighted by molar-refractivity contribution is 7.12. The summed E-state index contributed by atoms with van der Waals surface area (Å²) >= 11 is 1.36. The van der Waals surface area contributed by atoms with Gasteiger partial charge in [0.05, 0.1) is 17.7 Å². The normalized spacial score (nSPS) is 10.7. The van der Waals surface area contributed by atoms with Gasteiger partial charge in [-0.3, -0.25) is 19.5 Å². The molecule has 0 saturated heterocycles. The number of hydrogen-bond donors (Lipinski definition) is 1. The van der Waals surface area contributed by atoms with Crippen molar-refractivity contribution in [1.82, 2.24) is 14.5 Å². The van der Waals surface area contributed by atoms with Crippen molar-refractivity contribution in [2.24, 2.45) is 0 Å². The number of likely N-dealkylation sites (N-methyl/N-ethyl adjacent to an activating group) is 1. The second kappa shape index (κ2) is 10.4. The molecule has 0 radical (unpaired) electrons. The molecule has 2 aromatic carbocycles. The molecule has 34 heavy (non-hydrogen) atoms. The summed E-state index contributed by atoms with van der Waals surface area (Å²) in [6.07, 6.45) is 1.89. The molecule has 4 rings (SSSR count). The molecule has 0 unspecified atom stereocenters. The third-order valence-electron chi connectivity index (χ3n) is 5.39. The largest absolute Gasteiger partial charge is 0.497 e. The van der Waals surface area contributed by atoms with E-state index < -0.39 is 0 Å². The molecule has 0 fully saturated rings. The number of aromatic nitrogens is 2. The van der Waals surface area contributed by atoms with Crippen LogP contribution in [0.15, 0.2) is 72.2 Å². The quantitative estimate of drug-likeness (QED) is 0.389. The van der Waals surface area contributed by atoms with Crippen molar-refractivity contribution in [3.05, 3.63) is 82.7 Å². The van der Waals surface area contributed by atoms with E-state index in [0.717, 1.165) is 22.6 Å². The van der Waals surface area contributed by atoms with Crippen LogP contribution in [-0.4, -0.2) is 46.5 Å². The number of nitrogens with zero attached hydrogens (tertiary/aromatic N) is 3. The number of anilines is 1. The van der Waals surface area contributed by atoms with Gasteiger partial charge < -0.3 is 9.64 Å².